The lowest BCUT2D eigenvalue weighted by molar-refractivity contribution is -0.141. The summed E-state index contributed by atoms with van der Waals surface area (Å²) in [6.07, 6.45) is 6.53. The molecule has 0 aromatic rings. The largest absolute Gasteiger partial charge is 0.342 e. The van der Waals surface area contributed by atoms with E-state index in [0.29, 0.717) is 24.9 Å². The third kappa shape index (κ3) is 1.91. The van der Waals surface area contributed by atoms with Crippen molar-refractivity contribution in [2.45, 2.75) is 63.5 Å². The fraction of sp³-hybridized carbons (Fsp3) is 0.857. The molecule has 3 rings (SSSR count). The Morgan fingerprint density at radius 1 is 1.22 bits per heavy atom. The Labute approximate surface area is 108 Å². The lowest BCUT2D eigenvalue weighted by Gasteiger charge is -2.38. The van der Waals surface area contributed by atoms with Crippen LogP contribution in [0.2, 0.25) is 0 Å². The number of hydrogen-bond donors (Lipinski definition) is 1. The number of amides is 2. The minimum atomic E-state index is -0.561. The number of carbonyl (C=O) groups is 2. The van der Waals surface area contributed by atoms with Crippen molar-refractivity contribution in [2.24, 2.45) is 5.92 Å². The third-order valence-electron chi connectivity index (χ3n) is 4.80. The van der Waals surface area contributed by atoms with Crippen LogP contribution in [0.3, 0.4) is 0 Å². The molecule has 0 aromatic carbocycles. The molecule has 2 saturated carbocycles. The molecule has 3 fully saturated rings. The van der Waals surface area contributed by atoms with Crippen LogP contribution < -0.4 is 5.32 Å². The fourth-order valence-electron chi connectivity index (χ4n) is 3.53. The predicted octanol–water partition coefficient (Wildman–Crippen LogP) is 1.45. The lowest BCUT2D eigenvalue weighted by atomic mass is 9.80. The van der Waals surface area contributed by atoms with Gasteiger partial charge in [0, 0.05) is 19.0 Å². The van der Waals surface area contributed by atoms with Crippen molar-refractivity contribution in [1.82, 2.24) is 10.2 Å². The summed E-state index contributed by atoms with van der Waals surface area (Å²) >= 11 is 0. The first-order chi connectivity index (χ1) is 8.62. The van der Waals surface area contributed by atoms with Gasteiger partial charge in [0.15, 0.2) is 0 Å². The molecule has 1 aliphatic heterocycles. The molecule has 2 atom stereocenters. The summed E-state index contributed by atoms with van der Waals surface area (Å²) in [5.74, 6) is 0.867. The first-order valence-electron chi connectivity index (χ1n) is 7.24. The molecule has 2 amide bonds. The summed E-state index contributed by atoms with van der Waals surface area (Å²) < 4.78 is 0. The Morgan fingerprint density at radius 3 is 2.50 bits per heavy atom. The summed E-state index contributed by atoms with van der Waals surface area (Å²) in [5.41, 5.74) is -0.561. The second-order valence-electron chi connectivity index (χ2n) is 6.22. The standard InChI is InChI=1S/C14H22N2O2/c1-10-9-11(10)16-8-5-12(17)15-14(13(16)18)6-3-2-4-7-14/h10-11H,2-9H2,1H3,(H,15,17). The van der Waals surface area contributed by atoms with Crippen LogP contribution in [0.15, 0.2) is 0 Å². The predicted molar refractivity (Wildman–Crippen MR) is 67.9 cm³/mol. The maximum absolute atomic E-state index is 12.8. The SMILES string of the molecule is CC1CC1N1CCC(=O)NC2(CCCCC2)C1=O. The highest BCUT2D eigenvalue weighted by atomic mass is 16.2. The maximum Gasteiger partial charge on any atom is 0.248 e. The van der Waals surface area contributed by atoms with Crippen molar-refractivity contribution in [2.75, 3.05) is 6.54 Å². The number of rotatable bonds is 1. The van der Waals surface area contributed by atoms with Gasteiger partial charge >= 0.3 is 0 Å². The molecule has 0 aromatic heterocycles. The van der Waals surface area contributed by atoms with Crippen molar-refractivity contribution >= 4 is 11.8 Å². The molecule has 1 spiro atoms. The van der Waals surface area contributed by atoms with Gasteiger partial charge in [-0.05, 0) is 25.2 Å². The van der Waals surface area contributed by atoms with E-state index in [1.807, 2.05) is 4.90 Å². The average Bonchev–Trinajstić information content (AvgIpc) is 3.08. The van der Waals surface area contributed by atoms with E-state index in [1.165, 1.54) is 6.42 Å². The first-order valence-corrected chi connectivity index (χ1v) is 7.24. The minimum Gasteiger partial charge on any atom is -0.342 e. The normalized spacial score (nSPS) is 35.3. The third-order valence-corrected chi connectivity index (χ3v) is 4.80. The zero-order valence-corrected chi connectivity index (χ0v) is 11.1. The summed E-state index contributed by atoms with van der Waals surface area (Å²) in [7, 11) is 0. The number of nitrogens with zero attached hydrogens (tertiary/aromatic N) is 1. The second kappa shape index (κ2) is 4.25. The van der Waals surface area contributed by atoms with Gasteiger partial charge in [0.2, 0.25) is 11.8 Å². The highest BCUT2D eigenvalue weighted by Crippen LogP contribution is 2.39. The van der Waals surface area contributed by atoms with Crippen LogP contribution in [-0.4, -0.2) is 34.8 Å². The highest BCUT2D eigenvalue weighted by Gasteiger charge is 2.50. The molecule has 0 bridgehead atoms. The number of nitrogens with one attached hydrogen (secondary N) is 1. The molecular weight excluding hydrogens is 228 g/mol. The Balaban J connectivity index is 1.86. The van der Waals surface area contributed by atoms with E-state index in [4.69, 9.17) is 0 Å². The fourth-order valence-corrected chi connectivity index (χ4v) is 3.53. The summed E-state index contributed by atoms with van der Waals surface area (Å²) in [6, 6.07) is 0.393. The van der Waals surface area contributed by atoms with E-state index in [9.17, 15) is 9.59 Å². The minimum absolute atomic E-state index is 0.0565. The van der Waals surface area contributed by atoms with Gasteiger partial charge < -0.3 is 10.2 Å². The van der Waals surface area contributed by atoms with Gasteiger partial charge in [0.25, 0.3) is 0 Å². The van der Waals surface area contributed by atoms with Gasteiger partial charge in [-0.15, -0.1) is 0 Å². The van der Waals surface area contributed by atoms with Crippen LogP contribution >= 0.6 is 0 Å². The highest BCUT2D eigenvalue weighted by molar-refractivity contribution is 5.94. The molecule has 3 aliphatic rings. The van der Waals surface area contributed by atoms with Gasteiger partial charge in [-0.2, -0.15) is 0 Å². The van der Waals surface area contributed by atoms with E-state index in [2.05, 4.69) is 12.2 Å². The van der Waals surface area contributed by atoms with Crippen LogP contribution in [-0.2, 0) is 9.59 Å². The first kappa shape index (κ1) is 12.0. The summed E-state index contributed by atoms with van der Waals surface area (Å²) in [6.45, 7) is 2.80. The average molecular weight is 250 g/mol. The van der Waals surface area contributed by atoms with Gasteiger partial charge in [-0.1, -0.05) is 26.2 Å². The quantitative estimate of drug-likeness (QED) is 0.765. The van der Waals surface area contributed by atoms with Crippen LogP contribution in [0.5, 0.6) is 0 Å². The Morgan fingerprint density at radius 2 is 1.89 bits per heavy atom. The summed E-state index contributed by atoms with van der Waals surface area (Å²) in [4.78, 5) is 26.7. The number of hydrogen-bond acceptors (Lipinski definition) is 2. The molecule has 18 heavy (non-hydrogen) atoms. The number of carbonyl (C=O) groups excluding carboxylic acids is 2. The van der Waals surface area contributed by atoms with Crippen molar-refractivity contribution < 1.29 is 9.59 Å². The molecule has 4 nitrogen and oxygen atoms in total. The molecule has 2 unspecified atom stereocenters. The zero-order valence-electron chi connectivity index (χ0n) is 11.1. The van der Waals surface area contributed by atoms with E-state index >= 15 is 0 Å². The Bertz CT molecular complexity index is 374. The molecular formula is C14H22N2O2. The van der Waals surface area contributed by atoms with Gasteiger partial charge in [-0.25, -0.2) is 0 Å². The molecule has 100 valence electrons. The molecule has 1 heterocycles. The second-order valence-corrected chi connectivity index (χ2v) is 6.22. The van der Waals surface area contributed by atoms with Crippen molar-refractivity contribution in [3.8, 4) is 0 Å². The van der Waals surface area contributed by atoms with E-state index in [-0.39, 0.29) is 11.8 Å². The molecule has 1 N–H and O–H groups in total. The monoisotopic (exact) mass is 250 g/mol. The lowest BCUT2D eigenvalue weighted by Crippen LogP contribution is -2.58. The van der Waals surface area contributed by atoms with Crippen LogP contribution in [0.4, 0.5) is 0 Å². The van der Waals surface area contributed by atoms with Crippen LogP contribution in [0, 0.1) is 5.92 Å². The van der Waals surface area contributed by atoms with Crippen molar-refractivity contribution in [3.63, 3.8) is 0 Å². The molecule has 0 radical (unpaired) electrons. The van der Waals surface area contributed by atoms with Gasteiger partial charge in [0.1, 0.15) is 5.54 Å². The van der Waals surface area contributed by atoms with Gasteiger partial charge in [-0.3, -0.25) is 9.59 Å². The van der Waals surface area contributed by atoms with Crippen LogP contribution in [0.25, 0.3) is 0 Å². The topological polar surface area (TPSA) is 49.4 Å². The smallest absolute Gasteiger partial charge is 0.248 e. The molecule has 2 aliphatic carbocycles. The molecule has 4 heteroatoms. The Hall–Kier alpha value is -1.06. The zero-order chi connectivity index (χ0) is 12.8. The van der Waals surface area contributed by atoms with Crippen molar-refractivity contribution in [3.05, 3.63) is 0 Å². The maximum atomic E-state index is 12.8. The van der Waals surface area contributed by atoms with E-state index in [1.54, 1.807) is 0 Å². The van der Waals surface area contributed by atoms with Gasteiger partial charge in [0.05, 0.1) is 0 Å². The summed E-state index contributed by atoms with van der Waals surface area (Å²) in [5, 5.41) is 3.04. The Kier molecular flexibility index (Phi) is 2.83. The van der Waals surface area contributed by atoms with E-state index in [0.717, 1.165) is 32.1 Å². The van der Waals surface area contributed by atoms with Crippen LogP contribution in [0.1, 0.15) is 51.9 Å². The molecule has 1 saturated heterocycles. The van der Waals surface area contributed by atoms with Crippen molar-refractivity contribution in [1.29, 1.82) is 0 Å². The van der Waals surface area contributed by atoms with E-state index < -0.39 is 5.54 Å².